The summed E-state index contributed by atoms with van der Waals surface area (Å²) >= 11 is 5.41. The number of anilines is 1. The van der Waals surface area contributed by atoms with Crippen LogP contribution in [0.3, 0.4) is 0 Å². The molecule has 1 aromatic heterocycles. The maximum Gasteiger partial charge on any atom is 0.0524 e. The van der Waals surface area contributed by atoms with Gasteiger partial charge >= 0.3 is 0 Å². The zero-order valence-corrected chi connectivity index (χ0v) is 11.9. The molecule has 3 heteroatoms. The van der Waals surface area contributed by atoms with Gasteiger partial charge in [0.15, 0.2) is 0 Å². The lowest BCUT2D eigenvalue weighted by Gasteiger charge is -2.24. The number of thiophene rings is 1. The summed E-state index contributed by atoms with van der Waals surface area (Å²) in [5, 5.41) is 5.85. The quantitative estimate of drug-likeness (QED) is 0.823. The molecule has 0 aliphatic heterocycles. The van der Waals surface area contributed by atoms with Crippen molar-refractivity contribution in [2.24, 2.45) is 0 Å². The monoisotopic (exact) mass is 307 g/mol. The average molecular weight is 308 g/mol. The Hall–Kier alpha value is -0.800. The zero-order chi connectivity index (χ0) is 11.7. The molecule has 1 nitrogen and oxygen atoms in total. The molecule has 0 saturated heterocycles. The molecule has 1 N–H and O–H groups in total. The summed E-state index contributed by atoms with van der Waals surface area (Å²) in [7, 11) is 0. The van der Waals surface area contributed by atoms with Crippen molar-refractivity contribution in [3.63, 3.8) is 0 Å². The van der Waals surface area contributed by atoms with Crippen molar-refractivity contribution in [2.45, 2.75) is 25.3 Å². The first-order valence-corrected chi connectivity index (χ1v) is 7.58. The van der Waals surface area contributed by atoms with E-state index < -0.39 is 0 Å². The highest BCUT2D eigenvalue weighted by Gasteiger charge is 2.20. The normalized spacial score (nSPS) is 18.8. The molecule has 3 rings (SSSR count). The highest BCUT2D eigenvalue weighted by Crippen LogP contribution is 2.35. The Kier molecular flexibility index (Phi) is 3.21. The molecule has 88 valence electrons. The van der Waals surface area contributed by atoms with Crippen molar-refractivity contribution in [2.75, 3.05) is 5.32 Å². The van der Waals surface area contributed by atoms with Gasteiger partial charge in [-0.3, -0.25) is 0 Å². The largest absolute Gasteiger partial charge is 0.378 e. The number of hydrogen-bond donors (Lipinski definition) is 1. The second kappa shape index (κ2) is 4.83. The van der Waals surface area contributed by atoms with Crippen LogP contribution in [0, 0.1) is 0 Å². The summed E-state index contributed by atoms with van der Waals surface area (Å²) in [6, 6.07) is 11.2. The van der Waals surface area contributed by atoms with E-state index in [1.165, 1.54) is 30.5 Å². The van der Waals surface area contributed by atoms with Crippen molar-refractivity contribution in [3.05, 3.63) is 50.6 Å². The molecular formula is C14H14BrNS. The molecule has 1 unspecified atom stereocenters. The first kappa shape index (κ1) is 11.3. The second-order valence-corrected chi connectivity index (χ2v) is 6.31. The third kappa shape index (κ3) is 2.40. The second-order valence-electron chi connectivity index (χ2n) is 4.40. The van der Waals surface area contributed by atoms with Crippen LogP contribution in [-0.2, 0) is 6.42 Å². The highest BCUT2D eigenvalue weighted by atomic mass is 79.9. The fourth-order valence-corrected chi connectivity index (χ4v) is 3.80. The SMILES string of the molecule is Brc1cccc(NC2CCCc3sccc32)c1. The van der Waals surface area contributed by atoms with Crippen molar-refractivity contribution >= 4 is 33.0 Å². The van der Waals surface area contributed by atoms with E-state index >= 15 is 0 Å². The molecule has 1 aromatic carbocycles. The molecule has 1 aliphatic carbocycles. The lowest BCUT2D eigenvalue weighted by Crippen LogP contribution is -2.15. The van der Waals surface area contributed by atoms with E-state index in [1.807, 2.05) is 11.3 Å². The minimum absolute atomic E-state index is 0.485. The van der Waals surface area contributed by atoms with Gasteiger partial charge in [-0.25, -0.2) is 0 Å². The van der Waals surface area contributed by atoms with Gasteiger partial charge in [0.05, 0.1) is 6.04 Å². The summed E-state index contributed by atoms with van der Waals surface area (Å²) in [4.78, 5) is 1.56. The molecule has 0 amide bonds. The number of halogens is 1. The summed E-state index contributed by atoms with van der Waals surface area (Å²) in [5.41, 5.74) is 2.70. The number of rotatable bonds is 2. The predicted octanol–water partition coefficient (Wildman–Crippen LogP) is 5.00. The zero-order valence-electron chi connectivity index (χ0n) is 9.45. The van der Waals surface area contributed by atoms with Crippen molar-refractivity contribution in [3.8, 4) is 0 Å². The lowest BCUT2D eigenvalue weighted by molar-refractivity contribution is 0.609. The average Bonchev–Trinajstić information content (AvgIpc) is 2.78. The molecule has 1 heterocycles. The van der Waals surface area contributed by atoms with Crippen LogP contribution < -0.4 is 5.32 Å². The first-order valence-electron chi connectivity index (χ1n) is 5.91. The van der Waals surface area contributed by atoms with Crippen LogP contribution in [-0.4, -0.2) is 0 Å². The molecule has 0 radical (unpaired) electrons. The van der Waals surface area contributed by atoms with Crippen LogP contribution in [0.15, 0.2) is 40.2 Å². The van der Waals surface area contributed by atoms with E-state index in [-0.39, 0.29) is 0 Å². The molecule has 0 saturated carbocycles. The van der Waals surface area contributed by atoms with Crippen molar-refractivity contribution < 1.29 is 0 Å². The first-order chi connectivity index (χ1) is 8.33. The Morgan fingerprint density at radius 2 is 2.24 bits per heavy atom. The maximum atomic E-state index is 3.64. The van der Waals surface area contributed by atoms with Crippen molar-refractivity contribution in [1.29, 1.82) is 0 Å². The van der Waals surface area contributed by atoms with Gasteiger partial charge in [-0.2, -0.15) is 0 Å². The molecular weight excluding hydrogens is 294 g/mol. The van der Waals surface area contributed by atoms with E-state index in [0.717, 1.165) is 4.47 Å². The van der Waals surface area contributed by atoms with E-state index in [4.69, 9.17) is 0 Å². The molecule has 0 fully saturated rings. The van der Waals surface area contributed by atoms with Crippen LogP contribution in [0.4, 0.5) is 5.69 Å². The minimum atomic E-state index is 0.485. The highest BCUT2D eigenvalue weighted by molar-refractivity contribution is 9.10. The Bertz CT molecular complexity index is 520. The molecule has 1 aliphatic rings. The smallest absolute Gasteiger partial charge is 0.0524 e. The summed E-state index contributed by atoms with van der Waals surface area (Å²) in [6.45, 7) is 0. The fraction of sp³-hybridized carbons (Fsp3) is 0.286. The van der Waals surface area contributed by atoms with Crippen LogP contribution in [0.1, 0.15) is 29.3 Å². The third-order valence-corrected chi connectivity index (χ3v) is 4.71. The van der Waals surface area contributed by atoms with Gasteiger partial charge in [0, 0.05) is 15.0 Å². The molecule has 17 heavy (non-hydrogen) atoms. The van der Waals surface area contributed by atoms with Gasteiger partial charge in [0.1, 0.15) is 0 Å². The van der Waals surface area contributed by atoms with Crippen LogP contribution >= 0.6 is 27.3 Å². The van der Waals surface area contributed by atoms with Crippen LogP contribution in [0.2, 0.25) is 0 Å². The number of aryl methyl sites for hydroxylation is 1. The minimum Gasteiger partial charge on any atom is -0.378 e. The predicted molar refractivity (Wildman–Crippen MR) is 77.8 cm³/mol. The number of fused-ring (bicyclic) bond motifs is 1. The standard InChI is InChI=1S/C14H14BrNS/c15-10-3-1-4-11(9-10)16-13-5-2-6-14-12(13)7-8-17-14/h1,3-4,7-9,13,16H,2,5-6H2. The third-order valence-electron chi connectivity index (χ3n) is 3.22. The van der Waals surface area contributed by atoms with Crippen molar-refractivity contribution in [1.82, 2.24) is 0 Å². The van der Waals surface area contributed by atoms with Gasteiger partial charge in [-0.05, 0) is 54.5 Å². The Morgan fingerprint density at radius 3 is 3.12 bits per heavy atom. The fourth-order valence-electron chi connectivity index (χ4n) is 2.42. The van der Waals surface area contributed by atoms with Gasteiger partial charge in [0.2, 0.25) is 0 Å². The summed E-state index contributed by atoms with van der Waals surface area (Å²) in [6.07, 6.45) is 3.78. The molecule has 1 atom stereocenters. The maximum absolute atomic E-state index is 3.64. The molecule has 0 bridgehead atoms. The van der Waals surface area contributed by atoms with E-state index in [0.29, 0.717) is 6.04 Å². The Labute approximate surface area is 114 Å². The van der Waals surface area contributed by atoms with E-state index in [9.17, 15) is 0 Å². The van der Waals surface area contributed by atoms with Gasteiger partial charge in [-0.15, -0.1) is 11.3 Å². The van der Waals surface area contributed by atoms with E-state index in [2.05, 4.69) is 57.0 Å². The summed E-state index contributed by atoms with van der Waals surface area (Å²) < 4.78 is 1.13. The number of nitrogens with one attached hydrogen (secondary N) is 1. The number of benzene rings is 1. The number of hydrogen-bond acceptors (Lipinski definition) is 2. The van der Waals surface area contributed by atoms with E-state index in [1.54, 1.807) is 4.88 Å². The summed E-state index contributed by atoms with van der Waals surface area (Å²) in [5.74, 6) is 0. The van der Waals surface area contributed by atoms with Crippen LogP contribution in [0.25, 0.3) is 0 Å². The van der Waals surface area contributed by atoms with Crippen LogP contribution in [0.5, 0.6) is 0 Å². The molecule has 0 spiro atoms. The lowest BCUT2D eigenvalue weighted by atomic mass is 9.94. The topological polar surface area (TPSA) is 12.0 Å². The Balaban J connectivity index is 1.84. The van der Waals surface area contributed by atoms with Gasteiger partial charge in [-0.1, -0.05) is 22.0 Å². The van der Waals surface area contributed by atoms with Gasteiger partial charge in [0.25, 0.3) is 0 Å². The van der Waals surface area contributed by atoms with Gasteiger partial charge < -0.3 is 5.32 Å². The molecule has 2 aromatic rings. The Morgan fingerprint density at radius 1 is 1.29 bits per heavy atom.